The SMILES string of the molecule is CCC(C)(CC)C(=O)/C=C(\O)C(C)(CC)CC.Cc1c(CC(C)C)oc2ccc3sc4ccnc(-c5[c-]c6ccsc6c(C(C)(C)C)c5)c4c3c12.[Ir]. The Balaban J connectivity index is 0.000000289. The molecular formula is C45H56IrNO3S2-. The number of aliphatic hydroxyl groups is 1. The number of aliphatic hydroxyl groups excluding tert-OH is 1. The van der Waals surface area contributed by atoms with Gasteiger partial charge in [-0.3, -0.25) is 9.78 Å². The summed E-state index contributed by atoms with van der Waals surface area (Å²) >= 11 is 3.64. The molecule has 0 saturated carbocycles. The van der Waals surface area contributed by atoms with Gasteiger partial charge in [0.1, 0.15) is 17.1 Å². The predicted octanol–water partition coefficient (Wildman–Crippen LogP) is 14.3. The summed E-state index contributed by atoms with van der Waals surface area (Å²) in [7, 11) is 0. The van der Waals surface area contributed by atoms with Crippen molar-refractivity contribution in [2.24, 2.45) is 16.7 Å². The molecular weight excluding hydrogens is 859 g/mol. The first-order valence-electron chi connectivity index (χ1n) is 18.6. The number of pyridine rings is 1. The molecule has 6 aromatic rings. The predicted molar refractivity (Wildman–Crippen MR) is 222 cm³/mol. The molecule has 4 heterocycles. The Kier molecular flexibility index (Phi) is 13.1. The van der Waals surface area contributed by atoms with E-state index in [4.69, 9.17) is 9.40 Å². The van der Waals surface area contributed by atoms with Crippen molar-refractivity contribution in [2.75, 3.05) is 0 Å². The second-order valence-corrected chi connectivity index (χ2v) is 18.1. The molecule has 0 spiro atoms. The number of fused-ring (bicyclic) bond motifs is 6. The van der Waals surface area contributed by atoms with Crippen LogP contribution in [0.1, 0.15) is 119 Å². The first-order valence-corrected chi connectivity index (χ1v) is 20.3. The van der Waals surface area contributed by atoms with Gasteiger partial charge in [0.2, 0.25) is 0 Å². The average molecular weight is 915 g/mol. The molecule has 281 valence electrons. The van der Waals surface area contributed by atoms with Gasteiger partial charge in [-0.15, -0.1) is 34.9 Å². The Bertz CT molecular complexity index is 2220. The van der Waals surface area contributed by atoms with Gasteiger partial charge in [-0.1, -0.05) is 87.3 Å². The van der Waals surface area contributed by atoms with Gasteiger partial charge in [-0.2, -0.15) is 11.3 Å². The molecule has 2 aromatic carbocycles. The quantitative estimate of drug-likeness (QED) is 0.0845. The van der Waals surface area contributed by atoms with Crippen molar-refractivity contribution in [1.82, 2.24) is 4.98 Å². The van der Waals surface area contributed by atoms with Crippen LogP contribution in [0.2, 0.25) is 0 Å². The normalized spacial score (nSPS) is 12.9. The molecule has 4 nitrogen and oxygen atoms in total. The largest absolute Gasteiger partial charge is 0.512 e. The zero-order valence-electron chi connectivity index (χ0n) is 33.1. The fourth-order valence-electron chi connectivity index (χ4n) is 6.74. The molecule has 0 unspecified atom stereocenters. The molecule has 0 fully saturated rings. The van der Waals surface area contributed by atoms with Crippen LogP contribution >= 0.6 is 22.7 Å². The Morgan fingerprint density at radius 2 is 1.56 bits per heavy atom. The number of carbonyl (C=O) groups is 1. The number of furan rings is 1. The van der Waals surface area contributed by atoms with Crippen LogP contribution in [-0.4, -0.2) is 15.9 Å². The first kappa shape index (κ1) is 41.9. The minimum Gasteiger partial charge on any atom is -0.512 e. The van der Waals surface area contributed by atoms with E-state index in [-0.39, 0.29) is 47.9 Å². The van der Waals surface area contributed by atoms with Crippen molar-refractivity contribution >= 4 is 69.7 Å². The average Bonchev–Trinajstić information content (AvgIpc) is 3.81. The number of allylic oxidation sites excluding steroid dienone is 2. The summed E-state index contributed by atoms with van der Waals surface area (Å²) in [4.78, 5) is 17.1. The van der Waals surface area contributed by atoms with Crippen LogP contribution < -0.4 is 0 Å². The molecule has 4 aromatic heterocycles. The summed E-state index contributed by atoms with van der Waals surface area (Å²) in [6.45, 7) is 25.6. The second kappa shape index (κ2) is 16.3. The van der Waals surface area contributed by atoms with E-state index in [2.05, 4.69) is 83.3 Å². The standard InChI is InChI=1S/C30H28NOS2.C15H28O2.Ir/c1-16(2)13-22-17(3)25-21(32-22)7-8-23-26(25)27-24(34-23)9-11-31-28(27)19-14-18-10-12-33-29(18)20(15-19)30(4,5)6;1-7-14(5,8-2)12(16)11-13(17)15(6,9-3)10-4;/h7-12,15-16H,13H2,1-6H3;11,16H,7-10H2,1-6H3;/q-1;;/b;12-11-;. The third kappa shape index (κ3) is 7.99. The molecule has 52 heavy (non-hydrogen) atoms. The van der Waals surface area contributed by atoms with Crippen LogP contribution in [0.25, 0.3) is 52.5 Å². The summed E-state index contributed by atoms with van der Waals surface area (Å²) in [5.74, 6) is 1.94. The minimum atomic E-state index is -0.337. The van der Waals surface area contributed by atoms with Crippen LogP contribution in [0.3, 0.4) is 0 Å². The number of aromatic nitrogens is 1. The van der Waals surface area contributed by atoms with E-state index in [1.165, 1.54) is 52.8 Å². The van der Waals surface area contributed by atoms with E-state index in [9.17, 15) is 9.90 Å². The van der Waals surface area contributed by atoms with Crippen molar-refractivity contribution in [3.63, 3.8) is 0 Å². The molecule has 0 atom stereocenters. The number of thiophene rings is 2. The first-order chi connectivity index (χ1) is 24.0. The van der Waals surface area contributed by atoms with Crippen LogP contribution in [0.5, 0.6) is 0 Å². The van der Waals surface area contributed by atoms with Crippen LogP contribution in [0.4, 0.5) is 0 Å². The topological polar surface area (TPSA) is 63.3 Å². The van der Waals surface area contributed by atoms with E-state index in [0.717, 1.165) is 54.7 Å². The molecule has 6 rings (SSSR count). The Morgan fingerprint density at radius 3 is 2.15 bits per heavy atom. The molecule has 1 radical (unpaired) electrons. The number of nitrogens with zero attached hydrogens (tertiary/aromatic N) is 1. The zero-order chi connectivity index (χ0) is 37.5. The van der Waals surface area contributed by atoms with E-state index in [0.29, 0.717) is 5.92 Å². The van der Waals surface area contributed by atoms with E-state index >= 15 is 0 Å². The summed E-state index contributed by atoms with van der Waals surface area (Å²) in [6, 6.07) is 14.7. The number of hydrogen-bond donors (Lipinski definition) is 1. The van der Waals surface area contributed by atoms with Gasteiger partial charge in [0.25, 0.3) is 0 Å². The van der Waals surface area contributed by atoms with Gasteiger partial charge in [0.05, 0.1) is 0 Å². The number of aryl methyl sites for hydroxylation is 1. The number of benzene rings is 2. The van der Waals surface area contributed by atoms with Crippen molar-refractivity contribution in [2.45, 2.75) is 121 Å². The van der Waals surface area contributed by atoms with Gasteiger partial charge in [0.15, 0.2) is 5.78 Å². The van der Waals surface area contributed by atoms with Gasteiger partial charge >= 0.3 is 0 Å². The van der Waals surface area contributed by atoms with Gasteiger partial charge in [0, 0.05) is 75.5 Å². The summed E-state index contributed by atoms with van der Waals surface area (Å²) in [5, 5.41) is 17.2. The molecule has 0 bridgehead atoms. The van der Waals surface area contributed by atoms with Crippen molar-refractivity contribution < 1.29 is 34.4 Å². The molecule has 0 aliphatic carbocycles. The summed E-state index contributed by atoms with van der Waals surface area (Å²) in [5.41, 5.74) is 5.11. The molecule has 0 amide bonds. The maximum Gasteiger partial charge on any atom is 0.164 e. The summed E-state index contributed by atoms with van der Waals surface area (Å²) in [6.07, 6.45) is 7.65. The minimum absolute atomic E-state index is 0. The van der Waals surface area contributed by atoms with Gasteiger partial charge in [-0.05, 0) is 83.2 Å². The third-order valence-electron chi connectivity index (χ3n) is 11.3. The molecule has 0 aliphatic heterocycles. The van der Waals surface area contributed by atoms with Crippen molar-refractivity contribution in [3.05, 3.63) is 76.7 Å². The maximum absolute atomic E-state index is 12.2. The van der Waals surface area contributed by atoms with Crippen molar-refractivity contribution in [3.8, 4) is 11.3 Å². The summed E-state index contributed by atoms with van der Waals surface area (Å²) < 4.78 is 10.2. The monoisotopic (exact) mass is 915 g/mol. The number of ketones is 1. The second-order valence-electron chi connectivity index (χ2n) is 16.1. The van der Waals surface area contributed by atoms with Crippen LogP contribution in [-0.2, 0) is 36.7 Å². The number of rotatable bonds is 10. The van der Waals surface area contributed by atoms with Gasteiger partial charge in [-0.25, -0.2) is 0 Å². The Labute approximate surface area is 332 Å². The van der Waals surface area contributed by atoms with Crippen molar-refractivity contribution in [1.29, 1.82) is 0 Å². The fourth-order valence-corrected chi connectivity index (χ4v) is 8.93. The molecule has 0 aliphatic rings. The molecule has 0 saturated heterocycles. The number of hydrogen-bond acceptors (Lipinski definition) is 6. The van der Waals surface area contributed by atoms with E-state index < -0.39 is 0 Å². The van der Waals surface area contributed by atoms with E-state index in [1.54, 1.807) is 11.3 Å². The maximum atomic E-state index is 12.2. The smallest absolute Gasteiger partial charge is 0.164 e. The van der Waals surface area contributed by atoms with E-state index in [1.807, 2.05) is 59.1 Å². The Hall–Kier alpha value is -2.83. The molecule has 1 N–H and O–H groups in total. The van der Waals surface area contributed by atoms with Crippen LogP contribution in [0, 0.1) is 29.7 Å². The number of carbonyl (C=O) groups excluding carboxylic acids is 1. The van der Waals surface area contributed by atoms with Gasteiger partial charge < -0.3 is 9.52 Å². The molecule has 7 heteroatoms. The third-order valence-corrected chi connectivity index (χ3v) is 13.3. The Morgan fingerprint density at radius 1 is 0.923 bits per heavy atom. The fraction of sp³-hybridized carbons (Fsp3) is 0.467. The van der Waals surface area contributed by atoms with Crippen LogP contribution in [0.15, 0.2) is 58.2 Å². The zero-order valence-corrected chi connectivity index (χ0v) is 37.1.